The summed E-state index contributed by atoms with van der Waals surface area (Å²) in [4.78, 5) is 29.9. The molecule has 0 unspecified atom stereocenters. The summed E-state index contributed by atoms with van der Waals surface area (Å²) in [5.41, 5.74) is 3.56. The molecule has 42 heavy (non-hydrogen) atoms. The smallest absolute Gasteiger partial charge is 0.453 e. The third-order valence-electron chi connectivity index (χ3n) is 7.06. The molecular formula is C30H31N6O6-. The number of nitrogens with zero attached hydrogens (tertiary/aromatic N) is 6. The van der Waals surface area contributed by atoms with Crippen molar-refractivity contribution in [2.75, 3.05) is 7.11 Å². The van der Waals surface area contributed by atoms with E-state index in [9.17, 15) is 9.59 Å². The fraction of sp³-hybridized carbons (Fsp3) is 0.333. The van der Waals surface area contributed by atoms with Gasteiger partial charge in [0, 0.05) is 25.9 Å². The number of rotatable bonds is 11. The third-order valence-corrected chi connectivity index (χ3v) is 7.06. The lowest BCUT2D eigenvalue weighted by atomic mass is 9.98. The van der Waals surface area contributed by atoms with E-state index in [1.54, 1.807) is 14.0 Å². The number of tetrazole rings is 1. The number of methoxy groups -OCH3 is 1. The van der Waals surface area contributed by atoms with Gasteiger partial charge in [-0.05, 0) is 49.4 Å². The molecule has 12 heteroatoms. The predicted molar refractivity (Wildman–Crippen MR) is 150 cm³/mol. The Hall–Kier alpha value is -4.84. The van der Waals surface area contributed by atoms with E-state index in [4.69, 9.17) is 23.3 Å². The topological polar surface area (TPSA) is 149 Å². The Morgan fingerprint density at radius 1 is 1.07 bits per heavy atom. The maximum Gasteiger partial charge on any atom is 0.519 e. The average molecular weight is 572 g/mol. The van der Waals surface area contributed by atoms with Gasteiger partial charge in [-0.1, -0.05) is 55.5 Å². The number of benzene rings is 2. The van der Waals surface area contributed by atoms with Crippen LogP contribution in [0.1, 0.15) is 66.3 Å². The van der Waals surface area contributed by atoms with Crippen molar-refractivity contribution >= 4 is 5.97 Å². The van der Waals surface area contributed by atoms with Crippen LogP contribution in [0.4, 0.5) is 0 Å². The fourth-order valence-corrected chi connectivity index (χ4v) is 4.67. The zero-order valence-corrected chi connectivity index (χ0v) is 24.1. The van der Waals surface area contributed by atoms with Crippen molar-refractivity contribution in [3.8, 4) is 22.5 Å². The second-order valence-corrected chi connectivity index (χ2v) is 10.2. The lowest BCUT2D eigenvalue weighted by molar-refractivity contribution is 0.0124. The largest absolute Gasteiger partial charge is 0.519 e. The molecule has 0 atom stereocenters. The average Bonchev–Trinajstić information content (AvgIpc) is 3.72. The quantitative estimate of drug-likeness (QED) is 0.207. The molecular weight excluding hydrogens is 540 g/mol. The Balaban J connectivity index is 1.50. The highest BCUT2D eigenvalue weighted by molar-refractivity contribution is 5.89. The molecule has 3 heterocycles. The number of ether oxygens (including phenoxy) is 2. The first kappa shape index (κ1) is 28.7. The molecule has 218 valence electrons. The van der Waals surface area contributed by atoms with Crippen molar-refractivity contribution in [1.29, 1.82) is 0 Å². The van der Waals surface area contributed by atoms with Crippen LogP contribution in [0, 0.1) is 6.92 Å². The van der Waals surface area contributed by atoms with Crippen LogP contribution < -0.4 is 10.9 Å². The molecule has 0 aliphatic heterocycles. The predicted octanol–water partition coefficient (Wildman–Crippen LogP) is 4.45. The minimum absolute atomic E-state index is 0.148. The van der Waals surface area contributed by atoms with Gasteiger partial charge in [0.25, 0.3) is 0 Å². The highest BCUT2D eigenvalue weighted by Gasteiger charge is 2.34. The summed E-state index contributed by atoms with van der Waals surface area (Å²) in [5.74, 6) is 0.129. The SMILES string of the molecule is CCCc1nc(C(C)(C)OC)c(C(=O)OCc2oc(=O)oc2C)n1Cc1ccc(-c2ccccc2-c2nnn[n-]2)cc1. The number of carbonyl (C=O) groups is 1. The van der Waals surface area contributed by atoms with Gasteiger partial charge in [-0.25, -0.2) is 14.6 Å². The molecule has 0 bridgehead atoms. The highest BCUT2D eigenvalue weighted by Crippen LogP contribution is 2.32. The summed E-state index contributed by atoms with van der Waals surface area (Å²) in [5, 5.41) is 15.2. The lowest BCUT2D eigenvalue weighted by Gasteiger charge is -2.22. The zero-order chi connectivity index (χ0) is 29.9. The number of imidazole rings is 1. The van der Waals surface area contributed by atoms with Gasteiger partial charge in [-0.3, -0.25) is 10.3 Å². The second-order valence-electron chi connectivity index (χ2n) is 10.2. The Labute approximate surface area is 241 Å². The van der Waals surface area contributed by atoms with E-state index in [0.717, 1.165) is 34.5 Å². The van der Waals surface area contributed by atoms with E-state index < -0.39 is 17.4 Å². The van der Waals surface area contributed by atoms with E-state index in [2.05, 4.69) is 27.5 Å². The van der Waals surface area contributed by atoms with Crippen molar-refractivity contribution in [3.05, 3.63) is 93.4 Å². The Kier molecular flexibility index (Phi) is 8.16. The number of esters is 1. The van der Waals surface area contributed by atoms with Crippen LogP contribution in [0.25, 0.3) is 22.5 Å². The first-order valence-corrected chi connectivity index (χ1v) is 13.5. The fourth-order valence-electron chi connectivity index (χ4n) is 4.67. The van der Waals surface area contributed by atoms with Crippen LogP contribution in [0.3, 0.4) is 0 Å². The molecule has 3 aromatic heterocycles. The van der Waals surface area contributed by atoms with Crippen molar-refractivity contribution in [2.24, 2.45) is 0 Å². The molecule has 0 radical (unpaired) electrons. The molecule has 0 aliphatic carbocycles. The van der Waals surface area contributed by atoms with Crippen LogP contribution >= 0.6 is 0 Å². The Bertz CT molecular complexity index is 1730. The third kappa shape index (κ3) is 5.79. The summed E-state index contributed by atoms with van der Waals surface area (Å²) in [7, 11) is 1.57. The number of hydrogen-bond acceptors (Lipinski definition) is 10. The molecule has 2 aromatic carbocycles. The summed E-state index contributed by atoms with van der Waals surface area (Å²) in [6, 6.07) is 15.8. The summed E-state index contributed by atoms with van der Waals surface area (Å²) < 4.78 is 23.1. The molecule has 5 aromatic rings. The van der Waals surface area contributed by atoms with Crippen LogP contribution in [0.5, 0.6) is 0 Å². The van der Waals surface area contributed by atoms with E-state index >= 15 is 0 Å². The monoisotopic (exact) mass is 571 g/mol. The van der Waals surface area contributed by atoms with Crippen molar-refractivity contribution in [1.82, 2.24) is 30.2 Å². The molecule has 5 rings (SSSR count). The number of aromatic nitrogens is 6. The molecule has 0 spiro atoms. The van der Waals surface area contributed by atoms with Gasteiger partial charge in [0.15, 0.2) is 23.8 Å². The van der Waals surface area contributed by atoms with Gasteiger partial charge in [-0.15, -0.1) is 0 Å². The molecule has 0 N–H and O–H groups in total. The first-order valence-electron chi connectivity index (χ1n) is 13.5. The molecule has 0 aliphatic rings. The minimum atomic E-state index is -0.875. The van der Waals surface area contributed by atoms with Gasteiger partial charge in [0.2, 0.25) is 0 Å². The van der Waals surface area contributed by atoms with Crippen molar-refractivity contribution < 1.29 is 23.1 Å². The maximum absolute atomic E-state index is 13.6. The van der Waals surface area contributed by atoms with Crippen LogP contribution in [0.15, 0.2) is 62.2 Å². The number of aryl methyl sites for hydroxylation is 2. The molecule has 0 saturated carbocycles. The summed E-state index contributed by atoms with van der Waals surface area (Å²) in [6.07, 6.45) is 1.46. The minimum Gasteiger partial charge on any atom is -0.453 e. The van der Waals surface area contributed by atoms with Gasteiger partial charge < -0.3 is 28.0 Å². The normalized spacial score (nSPS) is 11.6. The summed E-state index contributed by atoms with van der Waals surface area (Å²) >= 11 is 0. The van der Waals surface area contributed by atoms with Crippen molar-refractivity contribution in [2.45, 2.75) is 59.3 Å². The molecule has 0 amide bonds. The first-order chi connectivity index (χ1) is 20.2. The summed E-state index contributed by atoms with van der Waals surface area (Å²) in [6.45, 7) is 7.42. The van der Waals surface area contributed by atoms with Crippen LogP contribution in [0.2, 0.25) is 0 Å². The number of hydrogen-bond donors (Lipinski definition) is 0. The van der Waals surface area contributed by atoms with Gasteiger partial charge in [-0.2, -0.15) is 5.21 Å². The second kappa shape index (κ2) is 12.0. The number of carbonyl (C=O) groups excluding carboxylic acids is 1. The Morgan fingerprint density at radius 2 is 1.81 bits per heavy atom. The molecule has 12 nitrogen and oxygen atoms in total. The maximum atomic E-state index is 13.6. The van der Waals surface area contributed by atoms with E-state index in [0.29, 0.717) is 24.5 Å². The molecule has 0 saturated heterocycles. The standard InChI is InChI=1S/C30H31N6O6/c1-6-9-24-31-26(30(3,4)39-5)25(28(37)40-17-23-18(2)41-29(38)42-23)36(24)16-19-12-14-20(15-13-19)21-10-7-8-11-22(21)27-32-34-35-33-27/h7-8,10-15H,6,9,16-17H2,1-5H3/q-1. The van der Waals surface area contributed by atoms with E-state index in [1.807, 2.05) is 66.9 Å². The Morgan fingerprint density at radius 3 is 2.43 bits per heavy atom. The highest BCUT2D eigenvalue weighted by atomic mass is 16.6. The van der Waals surface area contributed by atoms with Gasteiger partial charge >= 0.3 is 11.8 Å². The van der Waals surface area contributed by atoms with Crippen LogP contribution in [-0.4, -0.2) is 38.2 Å². The van der Waals surface area contributed by atoms with Gasteiger partial charge in [0.05, 0.1) is 0 Å². The lowest BCUT2D eigenvalue weighted by Crippen LogP contribution is -2.25. The van der Waals surface area contributed by atoms with E-state index in [-0.39, 0.29) is 23.8 Å². The van der Waals surface area contributed by atoms with Gasteiger partial charge in [0.1, 0.15) is 17.1 Å². The van der Waals surface area contributed by atoms with E-state index in [1.165, 1.54) is 0 Å². The molecule has 0 fully saturated rings. The van der Waals surface area contributed by atoms with Crippen molar-refractivity contribution in [3.63, 3.8) is 0 Å². The van der Waals surface area contributed by atoms with Crippen LogP contribution in [-0.2, 0) is 34.6 Å². The zero-order valence-electron chi connectivity index (χ0n) is 24.1.